The molecule has 3 rings (SSSR count). The third-order valence-corrected chi connectivity index (χ3v) is 6.31. The predicted octanol–water partition coefficient (Wildman–Crippen LogP) is 5.67. The van der Waals surface area contributed by atoms with E-state index in [-0.39, 0.29) is 17.0 Å². The Hall–Kier alpha value is -1.14. The van der Waals surface area contributed by atoms with E-state index in [1.165, 1.54) is 17.0 Å². The fourth-order valence-corrected chi connectivity index (χ4v) is 5.49. The summed E-state index contributed by atoms with van der Waals surface area (Å²) in [7, 11) is 0. The number of hydrogen-bond donors (Lipinski definition) is 0. The van der Waals surface area contributed by atoms with Crippen LogP contribution in [0.4, 0.5) is 9.18 Å². The molecule has 0 spiro atoms. The molecule has 1 aliphatic rings. The van der Waals surface area contributed by atoms with Gasteiger partial charge in [0.2, 0.25) is 0 Å². The van der Waals surface area contributed by atoms with Gasteiger partial charge in [0, 0.05) is 6.54 Å². The summed E-state index contributed by atoms with van der Waals surface area (Å²) in [5, 5.41) is -0.239. The average molecular weight is 609 g/mol. The number of thioether (sulfide) groups is 1. The van der Waals surface area contributed by atoms with Crippen molar-refractivity contribution < 1.29 is 18.7 Å². The summed E-state index contributed by atoms with van der Waals surface area (Å²) in [6.07, 6.45) is 1.73. The Bertz CT molecular complexity index is 908. The molecule has 0 atom stereocenters. The first kappa shape index (κ1) is 20.6. The Labute approximate surface area is 187 Å². The number of imide groups is 1. The molecule has 0 aromatic heterocycles. The third kappa shape index (κ3) is 4.83. The molecule has 8 heteroatoms. The highest BCUT2D eigenvalue weighted by Crippen LogP contribution is 2.34. The van der Waals surface area contributed by atoms with Crippen LogP contribution < -0.4 is 4.74 Å². The lowest BCUT2D eigenvalue weighted by atomic mass is 10.2. The number of carbonyl (C=O) groups excluding carboxylic acids is 2. The molecule has 4 nitrogen and oxygen atoms in total. The van der Waals surface area contributed by atoms with E-state index in [4.69, 9.17) is 4.74 Å². The van der Waals surface area contributed by atoms with Crippen LogP contribution in [-0.4, -0.2) is 22.6 Å². The molecule has 2 amide bonds. The fraction of sp³-hybridized carbons (Fsp3) is 0.158. The summed E-state index contributed by atoms with van der Waals surface area (Å²) in [4.78, 5) is 25.7. The molecule has 2 aromatic rings. The van der Waals surface area contributed by atoms with E-state index in [0.29, 0.717) is 18.1 Å². The van der Waals surface area contributed by atoms with Crippen molar-refractivity contribution in [1.29, 1.82) is 0 Å². The summed E-state index contributed by atoms with van der Waals surface area (Å²) in [6, 6.07) is 9.99. The zero-order valence-corrected chi connectivity index (χ0v) is 19.3. The maximum atomic E-state index is 13.0. The number of benzene rings is 2. The van der Waals surface area contributed by atoms with Gasteiger partial charge in [-0.05, 0) is 105 Å². The maximum Gasteiger partial charge on any atom is 0.293 e. The standard InChI is InChI=1S/C19H14FI2NO3S/c1-2-23-18(24)16(27-19(23)25)9-12-7-14(21)17(15(22)8-12)26-10-11-3-5-13(20)6-4-11/h3-9H,2,10H2,1H3/b16-9+. The number of hydrogen-bond acceptors (Lipinski definition) is 4. The van der Waals surface area contributed by atoms with Gasteiger partial charge < -0.3 is 4.74 Å². The maximum absolute atomic E-state index is 13.0. The molecule has 1 saturated heterocycles. The van der Waals surface area contributed by atoms with Crippen molar-refractivity contribution in [1.82, 2.24) is 4.90 Å². The van der Waals surface area contributed by atoms with E-state index in [0.717, 1.165) is 35.8 Å². The second-order valence-corrected chi connectivity index (χ2v) is 8.97. The predicted molar refractivity (Wildman–Crippen MR) is 121 cm³/mol. The zero-order chi connectivity index (χ0) is 19.6. The van der Waals surface area contributed by atoms with Crippen molar-refractivity contribution in [2.45, 2.75) is 13.5 Å². The van der Waals surface area contributed by atoms with Crippen molar-refractivity contribution >= 4 is 74.2 Å². The summed E-state index contributed by atoms with van der Waals surface area (Å²) in [6.45, 7) is 2.48. The lowest BCUT2D eigenvalue weighted by Gasteiger charge is -2.12. The van der Waals surface area contributed by atoms with Crippen LogP contribution in [0.5, 0.6) is 5.75 Å². The second kappa shape index (κ2) is 8.91. The Morgan fingerprint density at radius 2 is 1.78 bits per heavy atom. The largest absolute Gasteiger partial charge is 0.487 e. The summed E-state index contributed by atoms with van der Waals surface area (Å²) >= 11 is 5.32. The van der Waals surface area contributed by atoms with E-state index < -0.39 is 0 Å². The molecule has 1 fully saturated rings. The molecule has 0 saturated carbocycles. The highest BCUT2D eigenvalue weighted by atomic mass is 127. The Morgan fingerprint density at radius 1 is 1.15 bits per heavy atom. The second-order valence-electron chi connectivity index (χ2n) is 5.65. The van der Waals surface area contributed by atoms with Crippen LogP contribution in [0.25, 0.3) is 6.08 Å². The van der Waals surface area contributed by atoms with Crippen LogP contribution >= 0.6 is 56.9 Å². The topological polar surface area (TPSA) is 46.6 Å². The van der Waals surface area contributed by atoms with E-state index in [2.05, 4.69) is 45.2 Å². The SMILES string of the molecule is CCN1C(=O)S/C(=C/c2cc(I)c(OCc3ccc(F)cc3)c(I)c2)C1=O. The smallest absolute Gasteiger partial charge is 0.293 e. The minimum Gasteiger partial charge on any atom is -0.487 e. The summed E-state index contributed by atoms with van der Waals surface area (Å²) in [5.41, 5.74) is 1.71. The monoisotopic (exact) mass is 609 g/mol. The zero-order valence-electron chi connectivity index (χ0n) is 14.2. The average Bonchev–Trinajstić information content (AvgIpc) is 2.88. The number of amides is 2. The van der Waals surface area contributed by atoms with E-state index in [1.807, 2.05) is 12.1 Å². The lowest BCUT2D eigenvalue weighted by molar-refractivity contribution is -0.122. The highest BCUT2D eigenvalue weighted by Gasteiger charge is 2.33. The van der Waals surface area contributed by atoms with Gasteiger partial charge >= 0.3 is 0 Å². The molecule has 0 unspecified atom stereocenters. The van der Waals surface area contributed by atoms with Crippen molar-refractivity contribution in [3.05, 3.63) is 65.4 Å². The number of nitrogens with zero attached hydrogens (tertiary/aromatic N) is 1. The molecule has 0 bridgehead atoms. The molecule has 2 aromatic carbocycles. The minimum atomic E-state index is -0.278. The Morgan fingerprint density at radius 3 is 2.33 bits per heavy atom. The van der Waals surface area contributed by atoms with Crippen molar-refractivity contribution in [3.63, 3.8) is 0 Å². The van der Waals surface area contributed by atoms with Crippen LogP contribution in [0.1, 0.15) is 18.1 Å². The molecular weight excluding hydrogens is 595 g/mol. The van der Waals surface area contributed by atoms with Crippen LogP contribution in [0, 0.1) is 13.0 Å². The van der Waals surface area contributed by atoms with Gasteiger partial charge in [0.1, 0.15) is 18.2 Å². The first-order valence-corrected chi connectivity index (χ1v) is 11.0. The number of rotatable bonds is 5. The van der Waals surface area contributed by atoms with Gasteiger partial charge in [0.25, 0.3) is 11.1 Å². The minimum absolute atomic E-state index is 0.239. The first-order chi connectivity index (χ1) is 12.9. The lowest BCUT2D eigenvalue weighted by Crippen LogP contribution is -2.27. The first-order valence-electron chi connectivity index (χ1n) is 8.00. The molecule has 1 heterocycles. The number of likely N-dealkylation sites (N-methyl/N-ethyl adjacent to an activating group) is 1. The van der Waals surface area contributed by atoms with Gasteiger partial charge in [-0.25, -0.2) is 4.39 Å². The molecular formula is C19H14FI2NO3S. The fourth-order valence-electron chi connectivity index (χ4n) is 2.46. The third-order valence-electron chi connectivity index (χ3n) is 3.80. The van der Waals surface area contributed by atoms with Crippen molar-refractivity contribution in [2.75, 3.05) is 6.54 Å². The van der Waals surface area contributed by atoms with E-state index in [9.17, 15) is 14.0 Å². The van der Waals surface area contributed by atoms with Gasteiger partial charge in [-0.1, -0.05) is 12.1 Å². The van der Waals surface area contributed by atoms with Crippen LogP contribution in [0.2, 0.25) is 0 Å². The Balaban J connectivity index is 1.79. The van der Waals surface area contributed by atoms with Crippen LogP contribution in [0.3, 0.4) is 0 Å². The van der Waals surface area contributed by atoms with Gasteiger partial charge in [-0.3, -0.25) is 14.5 Å². The van der Waals surface area contributed by atoms with E-state index >= 15 is 0 Å². The summed E-state index contributed by atoms with van der Waals surface area (Å²) < 4.78 is 20.7. The number of carbonyl (C=O) groups is 2. The molecule has 140 valence electrons. The number of ether oxygens (including phenoxy) is 1. The molecule has 0 N–H and O–H groups in total. The summed E-state index contributed by atoms with van der Waals surface area (Å²) in [5.74, 6) is 0.202. The number of halogens is 3. The normalized spacial score (nSPS) is 15.7. The highest BCUT2D eigenvalue weighted by molar-refractivity contribution is 14.1. The van der Waals surface area contributed by atoms with Crippen LogP contribution in [-0.2, 0) is 11.4 Å². The van der Waals surface area contributed by atoms with Gasteiger partial charge in [0.15, 0.2) is 0 Å². The van der Waals surface area contributed by atoms with E-state index in [1.54, 1.807) is 25.1 Å². The Kier molecular flexibility index (Phi) is 6.79. The van der Waals surface area contributed by atoms with Crippen molar-refractivity contribution in [2.24, 2.45) is 0 Å². The van der Waals surface area contributed by atoms with Crippen LogP contribution in [0.15, 0.2) is 41.3 Å². The van der Waals surface area contributed by atoms with Gasteiger partial charge in [-0.2, -0.15) is 0 Å². The van der Waals surface area contributed by atoms with Gasteiger partial charge in [-0.15, -0.1) is 0 Å². The molecule has 27 heavy (non-hydrogen) atoms. The molecule has 0 aliphatic carbocycles. The quantitative estimate of drug-likeness (QED) is 0.324. The van der Waals surface area contributed by atoms with Crippen molar-refractivity contribution in [3.8, 4) is 5.75 Å². The molecule has 0 radical (unpaired) electrons. The molecule has 1 aliphatic heterocycles. The van der Waals surface area contributed by atoms with Gasteiger partial charge in [0.05, 0.1) is 12.0 Å².